The molecule has 1 N–H and O–H groups in total. The van der Waals surface area contributed by atoms with Crippen molar-refractivity contribution in [1.82, 2.24) is 10.3 Å². The van der Waals surface area contributed by atoms with Gasteiger partial charge in [0.15, 0.2) is 0 Å². The summed E-state index contributed by atoms with van der Waals surface area (Å²) < 4.78 is 0.955. The number of allylic oxidation sites excluding steroid dienone is 1. The van der Waals surface area contributed by atoms with E-state index >= 15 is 0 Å². The fourth-order valence-electron chi connectivity index (χ4n) is 2.82. The molecule has 2 aliphatic rings. The molecule has 3 heteroatoms. The van der Waals surface area contributed by atoms with E-state index in [1.807, 2.05) is 6.20 Å². The minimum Gasteiger partial charge on any atom is -0.316 e. The highest BCUT2D eigenvalue weighted by Gasteiger charge is 2.34. The minimum absolute atomic E-state index is 0.711. The molecule has 16 heavy (non-hydrogen) atoms. The van der Waals surface area contributed by atoms with Crippen LogP contribution in [0.3, 0.4) is 0 Å². The lowest BCUT2D eigenvalue weighted by atomic mass is 9.91. The third-order valence-corrected chi connectivity index (χ3v) is 4.56. The van der Waals surface area contributed by atoms with Crippen LogP contribution in [0.1, 0.15) is 17.5 Å². The predicted octanol–water partition coefficient (Wildman–Crippen LogP) is 2.78. The average molecular weight is 279 g/mol. The van der Waals surface area contributed by atoms with Crippen molar-refractivity contribution in [2.45, 2.75) is 13.3 Å². The van der Waals surface area contributed by atoms with Crippen molar-refractivity contribution in [2.75, 3.05) is 13.1 Å². The maximum Gasteiger partial charge on any atom is 0.109 e. The van der Waals surface area contributed by atoms with Gasteiger partial charge in [0.1, 0.15) is 4.60 Å². The van der Waals surface area contributed by atoms with Gasteiger partial charge >= 0.3 is 0 Å². The van der Waals surface area contributed by atoms with E-state index < -0.39 is 0 Å². The molecular weight excluding hydrogens is 264 g/mol. The van der Waals surface area contributed by atoms with Gasteiger partial charge in [-0.3, -0.25) is 0 Å². The molecule has 1 fully saturated rings. The summed E-state index contributed by atoms with van der Waals surface area (Å²) in [6, 6.07) is 2.24. The van der Waals surface area contributed by atoms with Gasteiger partial charge in [0, 0.05) is 18.7 Å². The Balaban J connectivity index is 1.95. The molecule has 0 saturated carbocycles. The molecule has 2 nitrogen and oxygen atoms in total. The van der Waals surface area contributed by atoms with E-state index in [0.717, 1.165) is 17.1 Å². The van der Waals surface area contributed by atoms with Crippen molar-refractivity contribution in [3.8, 4) is 0 Å². The molecule has 0 aromatic carbocycles. The van der Waals surface area contributed by atoms with E-state index in [0.29, 0.717) is 5.92 Å². The molecule has 1 saturated heterocycles. The van der Waals surface area contributed by atoms with E-state index in [2.05, 4.69) is 45.3 Å². The van der Waals surface area contributed by atoms with Gasteiger partial charge in [0.05, 0.1) is 0 Å². The number of rotatable bonds is 1. The molecular formula is C13H15BrN2. The molecule has 2 atom stereocenters. The second kappa shape index (κ2) is 3.97. The first-order chi connectivity index (χ1) is 7.75. The number of nitrogens with zero attached hydrogens (tertiary/aromatic N) is 1. The first kappa shape index (κ1) is 10.5. The Morgan fingerprint density at radius 1 is 1.44 bits per heavy atom. The number of hydrogen-bond donors (Lipinski definition) is 1. The number of pyridine rings is 1. The lowest BCUT2D eigenvalue weighted by Crippen LogP contribution is -2.10. The summed E-state index contributed by atoms with van der Waals surface area (Å²) in [5, 5.41) is 3.48. The van der Waals surface area contributed by atoms with Gasteiger partial charge in [-0.15, -0.1) is 0 Å². The Labute approximate surface area is 104 Å². The Bertz CT molecular complexity index is 453. The molecule has 3 rings (SSSR count). The van der Waals surface area contributed by atoms with Gasteiger partial charge in [0.2, 0.25) is 0 Å². The lowest BCUT2D eigenvalue weighted by Gasteiger charge is -2.13. The van der Waals surface area contributed by atoms with Gasteiger partial charge < -0.3 is 5.32 Å². The minimum atomic E-state index is 0.711. The van der Waals surface area contributed by atoms with Crippen molar-refractivity contribution < 1.29 is 0 Å². The van der Waals surface area contributed by atoms with Crippen LogP contribution in [0.15, 0.2) is 22.9 Å². The van der Waals surface area contributed by atoms with Crippen molar-refractivity contribution in [3.05, 3.63) is 34.1 Å². The third-order valence-electron chi connectivity index (χ3n) is 3.73. The second-order valence-electron chi connectivity index (χ2n) is 4.75. The second-order valence-corrected chi connectivity index (χ2v) is 5.50. The maximum atomic E-state index is 4.39. The zero-order valence-corrected chi connectivity index (χ0v) is 10.9. The van der Waals surface area contributed by atoms with Gasteiger partial charge in [-0.2, -0.15) is 0 Å². The lowest BCUT2D eigenvalue weighted by molar-refractivity contribution is 0.542. The van der Waals surface area contributed by atoms with Crippen LogP contribution in [0.4, 0.5) is 0 Å². The maximum absolute atomic E-state index is 4.39. The van der Waals surface area contributed by atoms with Crippen molar-refractivity contribution in [2.24, 2.45) is 11.8 Å². The van der Waals surface area contributed by atoms with Crippen molar-refractivity contribution in [3.63, 3.8) is 0 Å². The number of nitrogens with one attached hydrogen (secondary N) is 1. The Hall–Kier alpha value is -0.670. The topological polar surface area (TPSA) is 24.9 Å². The van der Waals surface area contributed by atoms with Gasteiger partial charge in [-0.25, -0.2) is 4.98 Å². The summed E-state index contributed by atoms with van der Waals surface area (Å²) in [6.07, 6.45) is 5.62. The highest BCUT2D eigenvalue weighted by Crippen LogP contribution is 2.40. The van der Waals surface area contributed by atoms with Crippen LogP contribution in [0.2, 0.25) is 0 Å². The van der Waals surface area contributed by atoms with E-state index in [-0.39, 0.29) is 0 Å². The molecule has 84 valence electrons. The summed E-state index contributed by atoms with van der Waals surface area (Å²) in [4.78, 5) is 4.39. The first-order valence-electron chi connectivity index (χ1n) is 5.79. The van der Waals surface area contributed by atoms with Gasteiger partial charge in [0.25, 0.3) is 0 Å². The smallest absolute Gasteiger partial charge is 0.109 e. The van der Waals surface area contributed by atoms with Gasteiger partial charge in [-0.05, 0) is 64.5 Å². The van der Waals surface area contributed by atoms with E-state index in [9.17, 15) is 0 Å². The summed E-state index contributed by atoms with van der Waals surface area (Å²) >= 11 is 3.45. The molecule has 1 aromatic rings. The van der Waals surface area contributed by atoms with Crippen LogP contribution in [0, 0.1) is 18.8 Å². The zero-order valence-electron chi connectivity index (χ0n) is 9.33. The van der Waals surface area contributed by atoms with Crippen LogP contribution in [-0.2, 0) is 0 Å². The van der Waals surface area contributed by atoms with Crippen LogP contribution >= 0.6 is 15.9 Å². The molecule has 0 unspecified atom stereocenters. The van der Waals surface area contributed by atoms with Crippen LogP contribution < -0.4 is 5.32 Å². The van der Waals surface area contributed by atoms with Crippen LogP contribution in [0.25, 0.3) is 5.57 Å². The predicted molar refractivity (Wildman–Crippen MR) is 69.1 cm³/mol. The summed E-state index contributed by atoms with van der Waals surface area (Å²) in [6.45, 7) is 4.40. The normalized spacial score (nSPS) is 28.0. The van der Waals surface area contributed by atoms with Crippen LogP contribution in [0.5, 0.6) is 0 Å². The number of hydrogen-bond acceptors (Lipinski definition) is 2. The van der Waals surface area contributed by atoms with Crippen molar-refractivity contribution in [1.29, 1.82) is 0 Å². The number of fused-ring (bicyclic) bond motifs is 1. The highest BCUT2D eigenvalue weighted by molar-refractivity contribution is 9.10. The van der Waals surface area contributed by atoms with Gasteiger partial charge in [-0.1, -0.05) is 6.08 Å². The zero-order chi connectivity index (χ0) is 11.1. The molecule has 1 aliphatic heterocycles. The summed E-state index contributed by atoms with van der Waals surface area (Å²) in [5.74, 6) is 1.53. The highest BCUT2D eigenvalue weighted by atomic mass is 79.9. The van der Waals surface area contributed by atoms with Crippen LogP contribution in [-0.4, -0.2) is 18.1 Å². The molecule has 0 radical (unpaired) electrons. The molecule has 0 bridgehead atoms. The summed E-state index contributed by atoms with van der Waals surface area (Å²) in [7, 11) is 0. The van der Waals surface area contributed by atoms with Crippen molar-refractivity contribution >= 4 is 21.5 Å². The Kier molecular flexibility index (Phi) is 2.60. The SMILES string of the molecule is Cc1cc(C2=CC[C@@H]3CNC[C@H]23)cnc1Br. The Morgan fingerprint density at radius 3 is 3.12 bits per heavy atom. The van der Waals surface area contributed by atoms with E-state index in [1.54, 1.807) is 0 Å². The average Bonchev–Trinajstić information content (AvgIpc) is 2.83. The largest absolute Gasteiger partial charge is 0.316 e. The molecule has 1 aliphatic carbocycles. The molecule has 0 spiro atoms. The molecule has 1 aromatic heterocycles. The van der Waals surface area contributed by atoms with E-state index in [4.69, 9.17) is 0 Å². The standard InChI is InChI=1S/C13H15BrN2/c1-8-4-10(6-16-13(8)14)11-3-2-9-5-15-7-12(9)11/h3-4,6,9,12,15H,2,5,7H2,1H3/t9-,12+/m1/s1. The third kappa shape index (κ3) is 1.62. The number of aryl methyl sites for hydroxylation is 1. The Morgan fingerprint density at radius 2 is 2.31 bits per heavy atom. The monoisotopic (exact) mass is 278 g/mol. The fraction of sp³-hybridized carbons (Fsp3) is 0.462. The molecule has 2 heterocycles. The fourth-order valence-corrected chi connectivity index (χ4v) is 3.04. The van der Waals surface area contributed by atoms with E-state index in [1.165, 1.54) is 29.7 Å². The number of halogens is 1. The first-order valence-corrected chi connectivity index (χ1v) is 6.58. The number of aromatic nitrogens is 1. The quantitative estimate of drug-likeness (QED) is 0.800. The summed E-state index contributed by atoms with van der Waals surface area (Å²) in [5.41, 5.74) is 4.02. The molecule has 0 amide bonds.